The molecule has 2 heterocycles. The van der Waals surface area contributed by atoms with E-state index in [-0.39, 0.29) is 18.9 Å². The van der Waals surface area contributed by atoms with E-state index in [0.717, 1.165) is 5.56 Å². The molecule has 3 rings (SSSR count). The van der Waals surface area contributed by atoms with Crippen LogP contribution >= 0.6 is 0 Å². The van der Waals surface area contributed by atoms with Gasteiger partial charge in [-0.1, -0.05) is 0 Å². The number of carbonyl (C=O) groups is 1. The Labute approximate surface area is 98.2 Å². The van der Waals surface area contributed by atoms with Gasteiger partial charge in [-0.25, -0.2) is 4.79 Å². The average molecular weight is 236 g/mol. The fourth-order valence-corrected chi connectivity index (χ4v) is 2.20. The van der Waals surface area contributed by atoms with E-state index in [9.17, 15) is 4.79 Å². The highest BCUT2D eigenvalue weighted by Gasteiger charge is 2.33. The quantitative estimate of drug-likeness (QED) is 0.692. The minimum absolute atomic E-state index is 0.142. The van der Waals surface area contributed by atoms with Crippen molar-refractivity contribution in [3.05, 3.63) is 17.2 Å². The van der Waals surface area contributed by atoms with Gasteiger partial charge in [0.15, 0.2) is 11.5 Å². The number of hydrogen-bond acceptors (Lipinski definition) is 5. The molecule has 0 bridgehead atoms. The second-order valence-corrected chi connectivity index (χ2v) is 4.09. The Morgan fingerprint density at radius 1 is 1.35 bits per heavy atom. The standard InChI is InChI=1S/C12H12O5/c1-6-3-7-8(12(13)17-6)4-9(14-2)11-10(7)15-5-16-11/h4,6H,3,5H2,1-2H3/t6-/m1/s1. The third-order valence-corrected chi connectivity index (χ3v) is 2.95. The van der Waals surface area contributed by atoms with Crippen molar-refractivity contribution >= 4 is 5.97 Å². The van der Waals surface area contributed by atoms with Crippen molar-refractivity contribution in [3.63, 3.8) is 0 Å². The van der Waals surface area contributed by atoms with E-state index in [0.29, 0.717) is 29.2 Å². The van der Waals surface area contributed by atoms with E-state index >= 15 is 0 Å². The summed E-state index contributed by atoms with van der Waals surface area (Å²) in [5.41, 5.74) is 1.35. The Balaban J connectivity index is 2.22. The Bertz CT molecular complexity index is 494. The van der Waals surface area contributed by atoms with Crippen molar-refractivity contribution in [1.29, 1.82) is 0 Å². The van der Waals surface area contributed by atoms with Crippen molar-refractivity contribution in [2.24, 2.45) is 0 Å². The summed E-state index contributed by atoms with van der Waals surface area (Å²) < 4.78 is 21.2. The lowest BCUT2D eigenvalue weighted by molar-refractivity contribution is 0.0297. The smallest absolute Gasteiger partial charge is 0.338 e. The molecule has 0 fully saturated rings. The highest BCUT2D eigenvalue weighted by Crippen LogP contribution is 2.46. The predicted octanol–water partition coefficient (Wildman–Crippen LogP) is 1.53. The van der Waals surface area contributed by atoms with Crippen LogP contribution in [0.1, 0.15) is 22.8 Å². The number of rotatable bonds is 1. The van der Waals surface area contributed by atoms with Crippen molar-refractivity contribution in [3.8, 4) is 17.2 Å². The number of carbonyl (C=O) groups excluding carboxylic acids is 1. The molecule has 0 amide bonds. The summed E-state index contributed by atoms with van der Waals surface area (Å²) in [6, 6.07) is 1.65. The molecule has 2 aliphatic rings. The van der Waals surface area contributed by atoms with E-state index in [4.69, 9.17) is 18.9 Å². The van der Waals surface area contributed by atoms with Gasteiger partial charge < -0.3 is 18.9 Å². The SMILES string of the molecule is COc1cc2c(c3c1OCO3)C[C@@H](C)OC2=O. The van der Waals surface area contributed by atoms with Crippen molar-refractivity contribution in [2.75, 3.05) is 13.9 Å². The Morgan fingerprint density at radius 2 is 2.12 bits per heavy atom. The van der Waals surface area contributed by atoms with Crippen LogP contribution < -0.4 is 14.2 Å². The molecule has 0 saturated carbocycles. The van der Waals surface area contributed by atoms with Crippen LogP contribution in [0.25, 0.3) is 0 Å². The highest BCUT2D eigenvalue weighted by molar-refractivity contribution is 5.94. The molecule has 17 heavy (non-hydrogen) atoms. The molecule has 0 saturated heterocycles. The number of benzene rings is 1. The number of methoxy groups -OCH3 is 1. The van der Waals surface area contributed by atoms with Gasteiger partial charge in [0, 0.05) is 12.0 Å². The van der Waals surface area contributed by atoms with Gasteiger partial charge in [-0.15, -0.1) is 0 Å². The number of cyclic esters (lactones) is 1. The second-order valence-electron chi connectivity index (χ2n) is 4.09. The summed E-state index contributed by atoms with van der Waals surface area (Å²) in [5.74, 6) is 1.36. The minimum Gasteiger partial charge on any atom is -0.493 e. The highest BCUT2D eigenvalue weighted by atomic mass is 16.7. The maximum Gasteiger partial charge on any atom is 0.338 e. The summed E-state index contributed by atoms with van der Waals surface area (Å²) in [6.45, 7) is 2.01. The van der Waals surface area contributed by atoms with Gasteiger partial charge in [-0.3, -0.25) is 0 Å². The molecule has 2 aliphatic heterocycles. The van der Waals surface area contributed by atoms with E-state index in [1.165, 1.54) is 7.11 Å². The molecule has 5 nitrogen and oxygen atoms in total. The Morgan fingerprint density at radius 3 is 2.88 bits per heavy atom. The van der Waals surface area contributed by atoms with Crippen LogP contribution in [-0.2, 0) is 11.2 Å². The summed E-state index contributed by atoms with van der Waals surface area (Å²) in [7, 11) is 1.53. The molecule has 0 radical (unpaired) electrons. The van der Waals surface area contributed by atoms with Gasteiger partial charge in [0.2, 0.25) is 12.5 Å². The first-order valence-corrected chi connectivity index (χ1v) is 5.41. The maximum atomic E-state index is 11.8. The lowest BCUT2D eigenvalue weighted by Gasteiger charge is -2.23. The Kier molecular flexibility index (Phi) is 2.14. The predicted molar refractivity (Wildman–Crippen MR) is 57.7 cm³/mol. The second kappa shape index (κ2) is 3.55. The lowest BCUT2D eigenvalue weighted by Crippen LogP contribution is -2.25. The molecule has 1 atom stereocenters. The topological polar surface area (TPSA) is 54.0 Å². The third kappa shape index (κ3) is 1.42. The summed E-state index contributed by atoms with van der Waals surface area (Å²) in [4.78, 5) is 11.8. The largest absolute Gasteiger partial charge is 0.493 e. The van der Waals surface area contributed by atoms with E-state index < -0.39 is 0 Å². The first-order chi connectivity index (χ1) is 8.20. The van der Waals surface area contributed by atoms with Crippen LogP contribution in [-0.4, -0.2) is 26.0 Å². The maximum absolute atomic E-state index is 11.8. The minimum atomic E-state index is -0.338. The molecule has 0 spiro atoms. The summed E-state index contributed by atoms with van der Waals surface area (Å²) in [5, 5.41) is 0. The zero-order valence-electron chi connectivity index (χ0n) is 9.61. The zero-order chi connectivity index (χ0) is 12.0. The molecular weight excluding hydrogens is 224 g/mol. The number of ether oxygens (including phenoxy) is 4. The van der Waals surface area contributed by atoms with E-state index in [1.54, 1.807) is 6.07 Å². The first kappa shape index (κ1) is 10.3. The van der Waals surface area contributed by atoms with Crippen molar-refractivity contribution in [1.82, 2.24) is 0 Å². The van der Waals surface area contributed by atoms with Crippen LogP contribution in [0.4, 0.5) is 0 Å². The third-order valence-electron chi connectivity index (χ3n) is 2.95. The van der Waals surface area contributed by atoms with Crippen LogP contribution in [0.2, 0.25) is 0 Å². The van der Waals surface area contributed by atoms with E-state index in [2.05, 4.69) is 0 Å². The molecule has 0 unspecified atom stereocenters. The van der Waals surface area contributed by atoms with E-state index in [1.807, 2.05) is 6.92 Å². The fourth-order valence-electron chi connectivity index (χ4n) is 2.20. The monoisotopic (exact) mass is 236 g/mol. The number of fused-ring (bicyclic) bond motifs is 3. The average Bonchev–Trinajstić information content (AvgIpc) is 2.77. The van der Waals surface area contributed by atoms with Gasteiger partial charge in [0.05, 0.1) is 12.7 Å². The molecule has 5 heteroatoms. The molecular formula is C12H12O5. The molecule has 90 valence electrons. The van der Waals surface area contributed by atoms with Crippen LogP contribution in [0, 0.1) is 0 Å². The van der Waals surface area contributed by atoms with Crippen molar-refractivity contribution < 1.29 is 23.7 Å². The summed E-state index contributed by atoms with van der Waals surface area (Å²) in [6.07, 6.45) is 0.494. The van der Waals surface area contributed by atoms with Crippen LogP contribution in [0.5, 0.6) is 17.2 Å². The molecule has 0 aliphatic carbocycles. The van der Waals surface area contributed by atoms with Gasteiger partial charge in [0.25, 0.3) is 0 Å². The van der Waals surface area contributed by atoms with Gasteiger partial charge in [-0.05, 0) is 13.0 Å². The molecule has 0 N–H and O–H groups in total. The van der Waals surface area contributed by atoms with Gasteiger partial charge in [0.1, 0.15) is 6.10 Å². The number of hydrogen-bond donors (Lipinski definition) is 0. The number of esters is 1. The first-order valence-electron chi connectivity index (χ1n) is 5.41. The molecule has 0 aromatic heterocycles. The Hall–Kier alpha value is -1.91. The normalized spacial score (nSPS) is 20.8. The van der Waals surface area contributed by atoms with Gasteiger partial charge >= 0.3 is 5.97 Å². The van der Waals surface area contributed by atoms with Crippen LogP contribution in [0.3, 0.4) is 0 Å². The lowest BCUT2D eigenvalue weighted by atomic mass is 9.97. The fraction of sp³-hybridized carbons (Fsp3) is 0.417. The zero-order valence-corrected chi connectivity index (χ0v) is 9.61. The molecule has 1 aromatic carbocycles. The van der Waals surface area contributed by atoms with Crippen LogP contribution in [0.15, 0.2) is 6.07 Å². The molecule has 1 aromatic rings. The van der Waals surface area contributed by atoms with Crippen molar-refractivity contribution in [2.45, 2.75) is 19.4 Å². The summed E-state index contributed by atoms with van der Waals surface area (Å²) >= 11 is 0. The van der Waals surface area contributed by atoms with Gasteiger partial charge in [-0.2, -0.15) is 0 Å².